The third-order valence-corrected chi connectivity index (χ3v) is 6.25. The summed E-state index contributed by atoms with van der Waals surface area (Å²) in [5, 5.41) is 15.4. The molecule has 0 saturated carbocycles. The van der Waals surface area contributed by atoms with E-state index in [9.17, 15) is 10.1 Å². The Morgan fingerprint density at radius 3 is 2.68 bits per heavy atom. The Kier molecular flexibility index (Phi) is 5.77. The number of nitrogens with one attached hydrogen (secondary N) is 1. The third-order valence-electron chi connectivity index (χ3n) is 4.89. The predicted octanol–water partition coefficient (Wildman–Crippen LogP) is 5.93. The van der Waals surface area contributed by atoms with Crippen molar-refractivity contribution in [1.82, 2.24) is 4.98 Å². The second-order valence-electron chi connectivity index (χ2n) is 8.29. The molecule has 1 aromatic heterocycles. The zero-order valence-corrected chi connectivity index (χ0v) is 19.0. The lowest BCUT2D eigenvalue weighted by Crippen LogP contribution is -2.14. The molecule has 9 heteroatoms. The van der Waals surface area contributed by atoms with Gasteiger partial charge in [-0.05, 0) is 29.3 Å². The van der Waals surface area contributed by atoms with Gasteiger partial charge in [0.25, 0.3) is 5.69 Å². The van der Waals surface area contributed by atoms with Gasteiger partial charge in [0.1, 0.15) is 0 Å². The second kappa shape index (κ2) is 8.36. The minimum Gasteiger partial charge on any atom is -0.454 e. The van der Waals surface area contributed by atoms with Gasteiger partial charge in [0.15, 0.2) is 16.6 Å². The number of aromatic nitrogens is 1. The molecule has 4 rings (SSSR count). The Bertz CT molecular complexity index is 1140. The number of anilines is 1. The lowest BCUT2D eigenvalue weighted by atomic mass is 9.90. The number of hydrogen-bond donors (Lipinski definition) is 1. The molecular weight excluding hydrogens is 438 g/mol. The van der Waals surface area contributed by atoms with Crippen LogP contribution in [0, 0.1) is 10.1 Å². The van der Waals surface area contributed by atoms with Crippen molar-refractivity contribution in [2.75, 3.05) is 12.1 Å². The minimum absolute atomic E-state index is 0.0240. The first-order valence-electron chi connectivity index (χ1n) is 9.76. The van der Waals surface area contributed by atoms with Gasteiger partial charge in [-0.25, -0.2) is 4.98 Å². The predicted molar refractivity (Wildman–Crippen MR) is 122 cm³/mol. The van der Waals surface area contributed by atoms with Crippen LogP contribution < -0.4 is 14.8 Å². The molecule has 0 spiro atoms. The molecule has 0 bridgehead atoms. The summed E-state index contributed by atoms with van der Waals surface area (Å²) in [5.41, 5.74) is 2.80. The molecule has 0 saturated heterocycles. The second-order valence-corrected chi connectivity index (χ2v) is 9.78. The molecule has 1 aliphatic heterocycles. The fourth-order valence-corrected chi connectivity index (χ4v) is 4.78. The van der Waals surface area contributed by atoms with Crippen LogP contribution in [-0.2, 0) is 18.4 Å². The van der Waals surface area contributed by atoms with Crippen LogP contribution in [0.5, 0.6) is 11.5 Å². The highest BCUT2D eigenvalue weighted by atomic mass is 35.5. The summed E-state index contributed by atoms with van der Waals surface area (Å²) in [6, 6.07) is 10.5. The van der Waals surface area contributed by atoms with Crippen molar-refractivity contribution in [2.24, 2.45) is 0 Å². The van der Waals surface area contributed by atoms with E-state index >= 15 is 0 Å². The normalized spacial score (nSPS) is 12.8. The van der Waals surface area contributed by atoms with Crippen LogP contribution in [-0.4, -0.2) is 16.7 Å². The summed E-state index contributed by atoms with van der Waals surface area (Å²) in [6.07, 6.45) is 0.737. The number of nitro groups is 1. The number of rotatable bonds is 6. The van der Waals surface area contributed by atoms with E-state index < -0.39 is 4.92 Å². The molecule has 2 aromatic carbocycles. The molecule has 1 aliphatic rings. The van der Waals surface area contributed by atoms with Crippen molar-refractivity contribution >= 4 is 33.8 Å². The maximum atomic E-state index is 10.9. The summed E-state index contributed by atoms with van der Waals surface area (Å²) in [4.78, 5) is 16.5. The topological polar surface area (TPSA) is 86.5 Å². The maximum absolute atomic E-state index is 10.9. The number of fused-ring (bicyclic) bond motifs is 1. The molecular formula is C22H22ClN3O4S. The van der Waals surface area contributed by atoms with Gasteiger partial charge >= 0.3 is 0 Å². The molecule has 0 aliphatic carbocycles. The van der Waals surface area contributed by atoms with Gasteiger partial charge in [0, 0.05) is 35.4 Å². The van der Waals surface area contributed by atoms with Crippen molar-refractivity contribution < 1.29 is 14.4 Å². The number of non-ortho nitro benzene ring substituents is 1. The third kappa shape index (κ3) is 4.75. The number of hydrogen-bond acceptors (Lipinski definition) is 7. The highest BCUT2D eigenvalue weighted by molar-refractivity contribution is 7.15. The quantitative estimate of drug-likeness (QED) is 0.363. The standard InChI is InChI=1S/C22H22ClN3O4S/c1-22(2,3)20-19(9-13-4-7-17-18(8-13)30-12-29-17)31-21(25-20)24-11-14-5-6-15(26(27)28)10-16(14)23/h4-8,10H,9,11-12H2,1-3H3,(H,24,25). The van der Waals surface area contributed by atoms with E-state index in [1.165, 1.54) is 17.0 Å². The van der Waals surface area contributed by atoms with Gasteiger partial charge in [-0.15, -0.1) is 11.3 Å². The number of ether oxygens (including phenoxy) is 2. The van der Waals surface area contributed by atoms with Gasteiger partial charge in [-0.3, -0.25) is 10.1 Å². The molecule has 3 aromatic rings. The van der Waals surface area contributed by atoms with Crippen LogP contribution >= 0.6 is 22.9 Å². The SMILES string of the molecule is CC(C)(C)c1nc(NCc2ccc([N+](=O)[O-])cc2Cl)sc1Cc1ccc2c(c1)OCO2. The molecule has 0 atom stereocenters. The van der Waals surface area contributed by atoms with E-state index in [-0.39, 0.29) is 17.9 Å². The van der Waals surface area contributed by atoms with Crippen LogP contribution in [0.1, 0.15) is 42.5 Å². The summed E-state index contributed by atoms with van der Waals surface area (Å²) in [7, 11) is 0. The van der Waals surface area contributed by atoms with Crippen molar-refractivity contribution in [3.05, 3.63) is 73.2 Å². The number of halogens is 1. The Hall–Kier alpha value is -2.84. The summed E-state index contributed by atoms with van der Waals surface area (Å²) in [5.74, 6) is 1.54. The average Bonchev–Trinajstić information content (AvgIpc) is 3.33. The molecule has 7 nitrogen and oxygen atoms in total. The van der Waals surface area contributed by atoms with Gasteiger partial charge in [0.05, 0.1) is 15.6 Å². The van der Waals surface area contributed by atoms with Gasteiger partial charge < -0.3 is 14.8 Å². The number of nitrogens with zero attached hydrogens (tertiary/aromatic N) is 2. The Morgan fingerprint density at radius 2 is 1.97 bits per heavy atom. The maximum Gasteiger partial charge on any atom is 0.270 e. The van der Waals surface area contributed by atoms with Gasteiger partial charge in [-0.2, -0.15) is 0 Å². The molecule has 0 fully saturated rings. The Balaban J connectivity index is 1.54. The Morgan fingerprint density at radius 1 is 1.19 bits per heavy atom. The van der Waals surface area contributed by atoms with Crippen LogP contribution in [0.4, 0.5) is 10.8 Å². The lowest BCUT2D eigenvalue weighted by Gasteiger charge is -2.17. The van der Waals surface area contributed by atoms with E-state index in [2.05, 4.69) is 26.1 Å². The molecule has 162 valence electrons. The van der Waals surface area contributed by atoms with Crippen molar-refractivity contribution in [3.8, 4) is 11.5 Å². The van der Waals surface area contributed by atoms with E-state index in [1.807, 2.05) is 18.2 Å². The van der Waals surface area contributed by atoms with Crippen molar-refractivity contribution in [2.45, 2.75) is 39.2 Å². The van der Waals surface area contributed by atoms with Crippen molar-refractivity contribution in [3.63, 3.8) is 0 Å². The smallest absolute Gasteiger partial charge is 0.270 e. The molecule has 0 amide bonds. The van der Waals surface area contributed by atoms with Gasteiger partial charge in [-0.1, -0.05) is 38.4 Å². The highest BCUT2D eigenvalue weighted by Crippen LogP contribution is 2.37. The molecule has 0 unspecified atom stereocenters. The molecule has 31 heavy (non-hydrogen) atoms. The number of nitro benzene ring substituents is 1. The van der Waals surface area contributed by atoms with Crippen LogP contribution in [0.2, 0.25) is 5.02 Å². The fourth-order valence-electron chi connectivity index (χ4n) is 3.33. The summed E-state index contributed by atoms with van der Waals surface area (Å²) >= 11 is 7.82. The van der Waals surface area contributed by atoms with Crippen LogP contribution in [0.25, 0.3) is 0 Å². The summed E-state index contributed by atoms with van der Waals surface area (Å²) < 4.78 is 10.9. The van der Waals surface area contributed by atoms with E-state index in [1.54, 1.807) is 17.4 Å². The Labute approximate surface area is 189 Å². The monoisotopic (exact) mass is 459 g/mol. The van der Waals surface area contributed by atoms with Crippen molar-refractivity contribution in [1.29, 1.82) is 0 Å². The van der Waals surface area contributed by atoms with Crippen LogP contribution in [0.3, 0.4) is 0 Å². The minimum atomic E-state index is -0.456. The zero-order valence-electron chi connectivity index (χ0n) is 17.4. The number of thiazole rings is 1. The largest absolute Gasteiger partial charge is 0.454 e. The van der Waals surface area contributed by atoms with E-state index in [4.69, 9.17) is 26.1 Å². The summed E-state index contributed by atoms with van der Waals surface area (Å²) in [6.45, 7) is 7.11. The highest BCUT2D eigenvalue weighted by Gasteiger charge is 2.24. The molecule has 0 radical (unpaired) electrons. The first kappa shape index (κ1) is 21.4. The first-order valence-corrected chi connectivity index (χ1v) is 11.0. The molecule has 1 N–H and O–H groups in total. The van der Waals surface area contributed by atoms with Crippen LogP contribution in [0.15, 0.2) is 36.4 Å². The lowest BCUT2D eigenvalue weighted by molar-refractivity contribution is -0.384. The average molecular weight is 460 g/mol. The zero-order chi connectivity index (χ0) is 22.2. The van der Waals surface area contributed by atoms with E-state index in [0.717, 1.165) is 39.9 Å². The van der Waals surface area contributed by atoms with Gasteiger partial charge in [0.2, 0.25) is 6.79 Å². The first-order chi connectivity index (χ1) is 14.7. The number of benzene rings is 2. The van der Waals surface area contributed by atoms with E-state index in [0.29, 0.717) is 11.6 Å². The molecule has 2 heterocycles. The fraction of sp³-hybridized carbons (Fsp3) is 0.318.